The van der Waals surface area contributed by atoms with E-state index >= 15 is 0 Å². The van der Waals surface area contributed by atoms with Crippen LogP contribution in [0, 0.1) is 11.3 Å². The summed E-state index contributed by atoms with van der Waals surface area (Å²) in [5, 5.41) is 8.92. The van der Waals surface area contributed by atoms with Crippen LogP contribution in [0.15, 0.2) is 0 Å². The van der Waals surface area contributed by atoms with Gasteiger partial charge in [-0.15, -0.1) is 0 Å². The van der Waals surface area contributed by atoms with Crippen LogP contribution >= 0.6 is 0 Å². The van der Waals surface area contributed by atoms with Crippen molar-refractivity contribution >= 4 is 9.04 Å². The molecule has 1 saturated heterocycles. The molecule has 2 atom stereocenters. The summed E-state index contributed by atoms with van der Waals surface area (Å²) in [7, 11) is -1.22. The predicted molar refractivity (Wildman–Crippen MR) is 51.4 cm³/mol. The van der Waals surface area contributed by atoms with Crippen molar-refractivity contribution in [3.8, 4) is 6.07 Å². The summed E-state index contributed by atoms with van der Waals surface area (Å²) in [5.74, 6) is 0. The van der Waals surface area contributed by atoms with Crippen molar-refractivity contribution in [1.29, 1.82) is 5.26 Å². The van der Waals surface area contributed by atoms with Gasteiger partial charge in [-0.3, -0.25) is 0 Å². The lowest BCUT2D eigenvalue weighted by atomic mass is 10.1. The zero-order chi connectivity index (χ0) is 9.03. The van der Waals surface area contributed by atoms with E-state index in [1.165, 1.54) is 18.9 Å². The summed E-state index contributed by atoms with van der Waals surface area (Å²) < 4.78 is 5.74. The van der Waals surface area contributed by atoms with Gasteiger partial charge in [-0.1, -0.05) is 13.3 Å². The molecule has 68 valence electrons. The van der Waals surface area contributed by atoms with Gasteiger partial charge in [0.2, 0.25) is 0 Å². The van der Waals surface area contributed by atoms with E-state index in [4.69, 9.17) is 9.69 Å². The highest BCUT2D eigenvalue weighted by atomic mass is 28.3. The molecule has 0 bridgehead atoms. The summed E-state index contributed by atoms with van der Waals surface area (Å²) in [6.45, 7) is 5.05. The van der Waals surface area contributed by atoms with E-state index in [1.54, 1.807) is 0 Å². The van der Waals surface area contributed by atoms with Crippen molar-refractivity contribution < 1.29 is 4.43 Å². The molecular formula is C9H17NOSi. The molecule has 0 N–H and O–H groups in total. The maximum absolute atomic E-state index is 9.04. The normalized spacial score (nSPS) is 28.9. The molecule has 0 amide bonds. The van der Waals surface area contributed by atoms with Crippen LogP contribution in [0.2, 0.25) is 11.1 Å². The second-order valence-corrected chi connectivity index (χ2v) is 6.90. The maximum Gasteiger partial charge on any atom is 0.196 e. The fourth-order valence-corrected chi connectivity index (χ4v) is 4.50. The molecule has 1 aliphatic heterocycles. The minimum absolute atomic E-state index is 0.125. The quantitative estimate of drug-likeness (QED) is 0.615. The van der Waals surface area contributed by atoms with Gasteiger partial charge >= 0.3 is 0 Å². The number of nitrogens with zero attached hydrogens (tertiary/aromatic N) is 1. The lowest BCUT2D eigenvalue weighted by Gasteiger charge is -2.31. The molecule has 1 fully saturated rings. The largest absolute Gasteiger partial charge is 0.418 e. The third-order valence-corrected chi connectivity index (χ3v) is 6.41. The predicted octanol–water partition coefficient (Wildman–Crippen LogP) is 2.21. The second kappa shape index (κ2) is 4.06. The zero-order valence-corrected chi connectivity index (χ0v) is 9.12. The first-order chi connectivity index (χ1) is 5.73. The van der Waals surface area contributed by atoms with Crippen LogP contribution < -0.4 is 0 Å². The van der Waals surface area contributed by atoms with Gasteiger partial charge in [-0.05, 0) is 25.8 Å². The number of hydrogen-bond acceptors (Lipinski definition) is 2. The SMILES string of the molecule is CCC(C)(C#N)[SiH]1CCCCO1. The van der Waals surface area contributed by atoms with E-state index in [0.717, 1.165) is 13.0 Å². The number of nitriles is 1. The van der Waals surface area contributed by atoms with Gasteiger partial charge in [0.15, 0.2) is 9.04 Å². The number of rotatable bonds is 2. The molecule has 0 aromatic carbocycles. The molecule has 1 rings (SSSR count). The molecule has 0 aliphatic carbocycles. The highest BCUT2D eigenvalue weighted by Crippen LogP contribution is 2.37. The Morgan fingerprint density at radius 2 is 2.33 bits per heavy atom. The Balaban J connectivity index is 2.59. The Morgan fingerprint density at radius 1 is 1.58 bits per heavy atom. The van der Waals surface area contributed by atoms with Gasteiger partial charge in [-0.2, -0.15) is 5.26 Å². The molecule has 0 spiro atoms. The molecular weight excluding hydrogens is 166 g/mol. The van der Waals surface area contributed by atoms with Crippen molar-refractivity contribution in [1.82, 2.24) is 0 Å². The van der Waals surface area contributed by atoms with Gasteiger partial charge in [0.1, 0.15) is 0 Å². The molecule has 0 aromatic rings. The van der Waals surface area contributed by atoms with Crippen molar-refractivity contribution in [2.24, 2.45) is 0 Å². The van der Waals surface area contributed by atoms with Gasteiger partial charge in [0.25, 0.3) is 0 Å². The maximum atomic E-state index is 9.04. The molecule has 1 heterocycles. The standard InChI is InChI=1S/C9H17NOSi/c1-3-9(2,8-10)12-7-5-4-6-11-12/h12H,3-7H2,1-2H3. The third-order valence-electron chi connectivity index (χ3n) is 2.88. The molecule has 0 radical (unpaired) electrons. The van der Waals surface area contributed by atoms with E-state index in [2.05, 4.69) is 19.9 Å². The summed E-state index contributed by atoms with van der Waals surface area (Å²) >= 11 is 0. The van der Waals surface area contributed by atoms with Gasteiger partial charge < -0.3 is 4.43 Å². The van der Waals surface area contributed by atoms with E-state index < -0.39 is 9.04 Å². The topological polar surface area (TPSA) is 33.0 Å². The van der Waals surface area contributed by atoms with Gasteiger partial charge in [0, 0.05) is 6.61 Å². The fourth-order valence-electron chi connectivity index (χ4n) is 1.62. The Labute approximate surface area is 76.3 Å². The van der Waals surface area contributed by atoms with E-state index in [9.17, 15) is 0 Å². The average Bonchev–Trinajstić information content (AvgIpc) is 2.18. The first-order valence-electron chi connectivity index (χ1n) is 4.76. The van der Waals surface area contributed by atoms with Crippen molar-refractivity contribution in [3.63, 3.8) is 0 Å². The zero-order valence-electron chi connectivity index (χ0n) is 7.97. The average molecular weight is 183 g/mol. The van der Waals surface area contributed by atoms with Gasteiger partial charge in [0.05, 0.1) is 11.1 Å². The second-order valence-electron chi connectivity index (χ2n) is 3.74. The number of hydrogen-bond donors (Lipinski definition) is 0. The van der Waals surface area contributed by atoms with Crippen LogP contribution in [0.3, 0.4) is 0 Å². The summed E-state index contributed by atoms with van der Waals surface area (Å²) in [6, 6.07) is 3.63. The molecule has 0 saturated carbocycles. The Kier molecular flexibility index (Phi) is 3.30. The highest BCUT2D eigenvalue weighted by molar-refractivity contribution is 6.56. The Hall–Kier alpha value is -0.333. The highest BCUT2D eigenvalue weighted by Gasteiger charge is 2.36. The third kappa shape index (κ3) is 1.88. The molecule has 12 heavy (non-hydrogen) atoms. The van der Waals surface area contributed by atoms with Crippen molar-refractivity contribution in [3.05, 3.63) is 0 Å². The van der Waals surface area contributed by atoms with E-state index in [1.807, 2.05) is 0 Å². The van der Waals surface area contributed by atoms with Crippen LogP contribution in [-0.4, -0.2) is 15.6 Å². The molecule has 3 heteroatoms. The van der Waals surface area contributed by atoms with Crippen LogP contribution in [0.4, 0.5) is 0 Å². The van der Waals surface area contributed by atoms with Crippen LogP contribution in [0.1, 0.15) is 33.1 Å². The van der Waals surface area contributed by atoms with Crippen molar-refractivity contribution in [2.75, 3.05) is 6.61 Å². The van der Waals surface area contributed by atoms with E-state index in [0.29, 0.717) is 0 Å². The molecule has 2 nitrogen and oxygen atoms in total. The Bertz CT molecular complexity index is 183. The first kappa shape index (κ1) is 9.75. The summed E-state index contributed by atoms with van der Waals surface area (Å²) in [6.07, 6.45) is 3.41. The minimum Gasteiger partial charge on any atom is -0.418 e. The monoisotopic (exact) mass is 183 g/mol. The van der Waals surface area contributed by atoms with Gasteiger partial charge in [-0.25, -0.2) is 0 Å². The lowest BCUT2D eigenvalue weighted by molar-refractivity contribution is 0.272. The summed E-state index contributed by atoms with van der Waals surface area (Å²) in [4.78, 5) is 0. The van der Waals surface area contributed by atoms with Crippen molar-refractivity contribution in [2.45, 2.75) is 44.2 Å². The van der Waals surface area contributed by atoms with Crippen LogP contribution in [-0.2, 0) is 4.43 Å². The molecule has 0 aromatic heterocycles. The first-order valence-corrected chi connectivity index (χ1v) is 6.62. The van der Waals surface area contributed by atoms with E-state index in [-0.39, 0.29) is 5.04 Å². The van der Waals surface area contributed by atoms with Crippen LogP contribution in [0.5, 0.6) is 0 Å². The minimum atomic E-state index is -1.22. The Morgan fingerprint density at radius 3 is 2.75 bits per heavy atom. The van der Waals surface area contributed by atoms with Crippen LogP contribution in [0.25, 0.3) is 0 Å². The molecule has 1 aliphatic rings. The lowest BCUT2D eigenvalue weighted by Crippen LogP contribution is -2.35. The summed E-state index contributed by atoms with van der Waals surface area (Å²) in [5.41, 5.74) is 0. The smallest absolute Gasteiger partial charge is 0.196 e. The molecule has 2 unspecified atom stereocenters. The fraction of sp³-hybridized carbons (Fsp3) is 0.889.